The minimum absolute atomic E-state index is 0.0478. The lowest BCUT2D eigenvalue weighted by molar-refractivity contribution is -0.274. The molecule has 6 heteroatoms. The quantitative estimate of drug-likeness (QED) is 0.750. The third kappa shape index (κ3) is 5.16. The topological polar surface area (TPSA) is 38.7 Å². The van der Waals surface area contributed by atoms with E-state index in [1.807, 2.05) is 19.1 Å². The van der Waals surface area contributed by atoms with Crippen LogP contribution < -0.4 is 9.47 Å². The first kappa shape index (κ1) is 18.1. The number of halogens is 3. The van der Waals surface area contributed by atoms with Crippen LogP contribution in [0.2, 0.25) is 0 Å². The molecule has 2 rings (SSSR count). The van der Waals surface area contributed by atoms with Gasteiger partial charge in [0.15, 0.2) is 0 Å². The highest BCUT2D eigenvalue weighted by Gasteiger charge is 2.32. The monoisotopic (exact) mass is 340 g/mol. The van der Waals surface area contributed by atoms with Crippen molar-refractivity contribution in [3.05, 3.63) is 48.0 Å². The predicted octanol–water partition coefficient (Wildman–Crippen LogP) is 4.58. The van der Waals surface area contributed by atoms with Crippen LogP contribution in [-0.4, -0.2) is 24.7 Å². The first-order chi connectivity index (χ1) is 11.4. The number of hydrogen-bond donors (Lipinski definition) is 1. The molecule has 0 amide bonds. The zero-order valence-electron chi connectivity index (χ0n) is 13.3. The summed E-state index contributed by atoms with van der Waals surface area (Å²) in [6.45, 7) is 2.17. The molecule has 0 radical (unpaired) electrons. The fourth-order valence-electron chi connectivity index (χ4n) is 2.21. The lowest BCUT2D eigenvalue weighted by Crippen LogP contribution is -2.17. The summed E-state index contributed by atoms with van der Waals surface area (Å²) in [5, 5.41) is 8.73. The van der Waals surface area contributed by atoms with Crippen LogP contribution in [0.15, 0.2) is 42.5 Å². The maximum atomic E-state index is 12.7. The van der Waals surface area contributed by atoms with Gasteiger partial charge in [0, 0.05) is 24.7 Å². The molecule has 0 spiro atoms. The molecule has 1 N–H and O–H groups in total. The third-order valence-corrected chi connectivity index (χ3v) is 3.42. The molecule has 0 aliphatic heterocycles. The van der Waals surface area contributed by atoms with Crippen molar-refractivity contribution >= 4 is 0 Å². The highest BCUT2D eigenvalue weighted by atomic mass is 19.4. The van der Waals surface area contributed by atoms with E-state index in [1.54, 1.807) is 18.2 Å². The summed E-state index contributed by atoms with van der Waals surface area (Å²) in [6, 6.07) is 11.6. The Morgan fingerprint density at radius 1 is 1.04 bits per heavy atom. The van der Waals surface area contributed by atoms with Crippen molar-refractivity contribution < 1.29 is 27.8 Å². The molecule has 0 aliphatic carbocycles. The summed E-state index contributed by atoms with van der Waals surface area (Å²) in [5.41, 5.74) is 2.07. The highest BCUT2D eigenvalue weighted by molar-refractivity contribution is 5.71. The molecule has 0 atom stereocenters. The lowest BCUT2D eigenvalue weighted by atomic mass is 10.0. The van der Waals surface area contributed by atoms with E-state index in [0.29, 0.717) is 17.5 Å². The minimum Gasteiger partial charge on any atom is -0.493 e. The van der Waals surface area contributed by atoms with Crippen LogP contribution in [0, 0.1) is 0 Å². The molecule has 0 aliphatic rings. The molecule has 0 heterocycles. The second-order valence-electron chi connectivity index (χ2n) is 5.18. The van der Waals surface area contributed by atoms with Gasteiger partial charge in [-0.15, -0.1) is 13.2 Å². The number of aliphatic hydroxyl groups excluding tert-OH is 1. The fourth-order valence-corrected chi connectivity index (χ4v) is 2.21. The van der Waals surface area contributed by atoms with E-state index < -0.39 is 6.36 Å². The van der Waals surface area contributed by atoms with E-state index in [2.05, 4.69) is 4.74 Å². The van der Waals surface area contributed by atoms with Crippen LogP contribution in [0.3, 0.4) is 0 Å². The summed E-state index contributed by atoms with van der Waals surface area (Å²) in [7, 11) is 0. The van der Waals surface area contributed by atoms with Gasteiger partial charge in [-0.3, -0.25) is 0 Å². The maximum absolute atomic E-state index is 12.7. The average molecular weight is 340 g/mol. The first-order valence-corrected chi connectivity index (χ1v) is 7.65. The van der Waals surface area contributed by atoms with Crippen molar-refractivity contribution in [2.24, 2.45) is 0 Å². The Balaban J connectivity index is 2.33. The summed E-state index contributed by atoms with van der Waals surface area (Å²) < 4.78 is 47.6. The normalized spacial score (nSPS) is 11.4. The van der Waals surface area contributed by atoms with Gasteiger partial charge in [0.1, 0.15) is 11.5 Å². The van der Waals surface area contributed by atoms with Crippen LogP contribution in [-0.2, 0) is 6.42 Å². The van der Waals surface area contributed by atoms with Gasteiger partial charge >= 0.3 is 6.36 Å². The van der Waals surface area contributed by atoms with Gasteiger partial charge in [-0.25, -0.2) is 0 Å². The summed E-state index contributed by atoms with van der Waals surface area (Å²) in [4.78, 5) is 0. The van der Waals surface area contributed by atoms with Crippen LogP contribution in [0.1, 0.15) is 18.9 Å². The van der Waals surface area contributed by atoms with Gasteiger partial charge in [0.2, 0.25) is 0 Å². The first-order valence-electron chi connectivity index (χ1n) is 7.65. The Morgan fingerprint density at radius 2 is 1.75 bits per heavy atom. The van der Waals surface area contributed by atoms with Gasteiger partial charge in [-0.05, 0) is 29.7 Å². The molecule has 24 heavy (non-hydrogen) atoms. The Morgan fingerprint density at radius 3 is 2.33 bits per heavy atom. The molecule has 2 aromatic rings. The van der Waals surface area contributed by atoms with Gasteiger partial charge in [-0.2, -0.15) is 0 Å². The second-order valence-corrected chi connectivity index (χ2v) is 5.18. The maximum Gasteiger partial charge on any atom is 0.573 e. The summed E-state index contributed by atoms with van der Waals surface area (Å²) in [5.74, 6) is -0.0510. The Kier molecular flexibility index (Phi) is 6.09. The lowest BCUT2D eigenvalue weighted by Gasteiger charge is -2.15. The van der Waals surface area contributed by atoms with Crippen molar-refractivity contribution in [2.75, 3.05) is 13.2 Å². The molecular weight excluding hydrogens is 321 g/mol. The minimum atomic E-state index is -4.79. The van der Waals surface area contributed by atoms with Gasteiger partial charge in [-0.1, -0.05) is 31.2 Å². The van der Waals surface area contributed by atoms with E-state index in [4.69, 9.17) is 9.84 Å². The smallest absolute Gasteiger partial charge is 0.493 e. The van der Waals surface area contributed by atoms with E-state index in [-0.39, 0.29) is 24.7 Å². The third-order valence-electron chi connectivity index (χ3n) is 3.42. The van der Waals surface area contributed by atoms with Crippen molar-refractivity contribution in [3.63, 3.8) is 0 Å². The van der Waals surface area contributed by atoms with E-state index in [1.165, 1.54) is 12.1 Å². The molecule has 0 unspecified atom stereocenters. The number of alkyl halides is 3. The fraction of sp³-hybridized carbons (Fsp3) is 0.333. The Bertz CT molecular complexity index is 652. The van der Waals surface area contributed by atoms with E-state index in [9.17, 15) is 13.2 Å². The highest BCUT2D eigenvalue weighted by Crippen LogP contribution is 2.36. The van der Waals surface area contributed by atoms with Crippen LogP contribution in [0.25, 0.3) is 11.1 Å². The average Bonchev–Trinajstić information content (AvgIpc) is 2.54. The predicted molar refractivity (Wildman–Crippen MR) is 85.1 cm³/mol. The van der Waals surface area contributed by atoms with E-state index >= 15 is 0 Å². The number of aliphatic hydroxyl groups is 1. The van der Waals surface area contributed by atoms with Crippen molar-refractivity contribution in [3.8, 4) is 22.6 Å². The number of benzene rings is 2. The molecule has 2 aromatic carbocycles. The summed E-state index contributed by atoms with van der Waals surface area (Å²) >= 11 is 0. The molecule has 0 saturated heterocycles. The second kappa shape index (κ2) is 8.06. The molecule has 0 aromatic heterocycles. The number of hydrogen-bond acceptors (Lipinski definition) is 3. The zero-order valence-corrected chi connectivity index (χ0v) is 13.3. The molecule has 3 nitrogen and oxygen atoms in total. The molecule has 0 bridgehead atoms. The van der Waals surface area contributed by atoms with Crippen LogP contribution in [0.4, 0.5) is 13.2 Å². The molecule has 0 fully saturated rings. The van der Waals surface area contributed by atoms with Gasteiger partial charge in [0.05, 0.1) is 6.61 Å². The molecule has 130 valence electrons. The van der Waals surface area contributed by atoms with Crippen molar-refractivity contribution in [1.82, 2.24) is 0 Å². The van der Waals surface area contributed by atoms with Gasteiger partial charge < -0.3 is 14.6 Å². The van der Waals surface area contributed by atoms with Crippen molar-refractivity contribution in [2.45, 2.75) is 26.1 Å². The van der Waals surface area contributed by atoms with Crippen LogP contribution >= 0.6 is 0 Å². The van der Waals surface area contributed by atoms with Crippen LogP contribution in [0.5, 0.6) is 11.5 Å². The van der Waals surface area contributed by atoms with Crippen molar-refractivity contribution in [1.29, 1.82) is 0 Å². The number of ether oxygens (including phenoxy) is 2. The van der Waals surface area contributed by atoms with Gasteiger partial charge in [0.25, 0.3) is 0 Å². The Hall–Kier alpha value is -2.21. The Labute approximate surface area is 138 Å². The molecular formula is C18H19F3O3. The van der Waals surface area contributed by atoms with E-state index in [0.717, 1.165) is 12.0 Å². The standard InChI is InChI=1S/C18H19F3O3/c1-2-13-4-6-14(7-5-13)16-9-8-15(23-11-3-10-22)12-17(16)24-18(19,20)21/h4-9,12,22H,2-3,10-11H2,1H3. The zero-order chi connectivity index (χ0) is 17.6. The SMILES string of the molecule is CCc1ccc(-c2ccc(OCCCO)cc2OC(F)(F)F)cc1. The summed E-state index contributed by atoms with van der Waals surface area (Å²) in [6.07, 6.45) is -3.54. The largest absolute Gasteiger partial charge is 0.573 e. The number of rotatable bonds is 7. The number of aryl methyl sites for hydroxylation is 1. The molecule has 0 saturated carbocycles.